The second-order valence-corrected chi connectivity index (χ2v) is 4.48. The van der Waals surface area contributed by atoms with Crippen molar-refractivity contribution in [2.75, 3.05) is 7.11 Å². The molecule has 0 atom stereocenters. The van der Waals surface area contributed by atoms with Gasteiger partial charge < -0.3 is 4.74 Å². The van der Waals surface area contributed by atoms with Crippen molar-refractivity contribution in [2.45, 2.75) is 0 Å². The number of hydrogen-bond acceptors (Lipinski definition) is 4. The van der Waals surface area contributed by atoms with Crippen LogP contribution in [-0.2, 0) is 0 Å². The van der Waals surface area contributed by atoms with E-state index in [1.807, 2.05) is 24.3 Å². The van der Waals surface area contributed by atoms with Crippen molar-refractivity contribution in [3.05, 3.63) is 40.9 Å². The average Bonchev–Trinajstić information content (AvgIpc) is 2.88. The number of aromatic nitrogens is 4. The van der Waals surface area contributed by atoms with Gasteiger partial charge in [0.2, 0.25) is 0 Å². The van der Waals surface area contributed by atoms with Crippen molar-refractivity contribution in [2.24, 2.45) is 0 Å². The van der Waals surface area contributed by atoms with Gasteiger partial charge in [-0.15, -0.1) is 0 Å². The molecule has 0 N–H and O–H groups in total. The Morgan fingerprint density at radius 2 is 1.89 bits per heavy atom. The number of rotatable bonds is 2. The highest BCUT2D eigenvalue weighted by Crippen LogP contribution is 2.34. The van der Waals surface area contributed by atoms with E-state index in [2.05, 4.69) is 15.1 Å². The third-order valence-electron chi connectivity index (χ3n) is 2.71. The molecular formula is C12H8Cl2N4O. The van der Waals surface area contributed by atoms with Crippen LogP contribution in [0.15, 0.2) is 30.6 Å². The van der Waals surface area contributed by atoms with E-state index in [4.69, 9.17) is 27.9 Å². The lowest BCUT2D eigenvalue weighted by molar-refractivity contribution is 0.415. The largest absolute Gasteiger partial charge is 0.497 e. The first-order valence-corrected chi connectivity index (χ1v) is 6.15. The second-order valence-electron chi connectivity index (χ2n) is 3.77. The van der Waals surface area contributed by atoms with E-state index in [0.717, 1.165) is 11.3 Å². The van der Waals surface area contributed by atoms with E-state index >= 15 is 0 Å². The summed E-state index contributed by atoms with van der Waals surface area (Å²) >= 11 is 12.5. The first kappa shape index (κ1) is 12.2. The highest BCUT2D eigenvalue weighted by molar-refractivity contribution is 6.38. The number of benzene rings is 1. The van der Waals surface area contributed by atoms with Crippen molar-refractivity contribution in [3.8, 4) is 16.9 Å². The molecule has 0 saturated heterocycles. The van der Waals surface area contributed by atoms with Crippen molar-refractivity contribution in [1.29, 1.82) is 0 Å². The zero-order valence-electron chi connectivity index (χ0n) is 9.84. The van der Waals surface area contributed by atoms with Crippen LogP contribution >= 0.6 is 23.2 Å². The quantitative estimate of drug-likeness (QED) is 0.682. The standard InChI is InChI=1S/C12H8Cl2N4O/c1-19-8-4-2-7(3-5-8)9-10(13)17-12-15-6-16-18(12)11(9)14/h2-6H,1H3. The number of ether oxygens (including phenoxy) is 1. The number of nitrogens with zero attached hydrogens (tertiary/aromatic N) is 4. The van der Waals surface area contributed by atoms with Gasteiger partial charge in [-0.2, -0.15) is 19.6 Å². The summed E-state index contributed by atoms with van der Waals surface area (Å²) in [7, 11) is 1.61. The summed E-state index contributed by atoms with van der Waals surface area (Å²) < 4.78 is 6.55. The third kappa shape index (κ3) is 2.01. The zero-order chi connectivity index (χ0) is 13.4. The summed E-state index contributed by atoms with van der Waals surface area (Å²) in [6.45, 7) is 0. The van der Waals surface area contributed by atoms with Gasteiger partial charge in [0, 0.05) is 0 Å². The molecule has 0 fully saturated rings. The molecule has 5 nitrogen and oxygen atoms in total. The fourth-order valence-corrected chi connectivity index (χ4v) is 2.42. The van der Waals surface area contributed by atoms with Crippen molar-refractivity contribution in [1.82, 2.24) is 19.6 Å². The molecule has 0 bridgehead atoms. The maximum absolute atomic E-state index is 6.30. The Balaban J connectivity index is 2.22. The minimum atomic E-state index is 0.288. The van der Waals surface area contributed by atoms with Crippen LogP contribution in [0.4, 0.5) is 0 Å². The minimum Gasteiger partial charge on any atom is -0.497 e. The predicted molar refractivity (Wildman–Crippen MR) is 72.8 cm³/mol. The van der Waals surface area contributed by atoms with Crippen LogP contribution in [0.5, 0.6) is 5.75 Å². The number of halogens is 2. The van der Waals surface area contributed by atoms with Gasteiger partial charge >= 0.3 is 0 Å². The van der Waals surface area contributed by atoms with Crippen LogP contribution in [-0.4, -0.2) is 26.7 Å². The summed E-state index contributed by atoms with van der Waals surface area (Å²) in [4.78, 5) is 8.11. The van der Waals surface area contributed by atoms with Crippen LogP contribution in [0, 0.1) is 0 Å². The van der Waals surface area contributed by atoms with Crippen molar-refractivity contribution < 1.29 is 4.74 Å². The summed E-state index contributed by atoms with van der Waals surface area (Å²) in [5, 5.41) is 4.67. The predicted octanol–water partition coefficient (Wildman–Crippen LogP) is 3.11. The molecule has 96 valence electrons. The fraction of sp³-hybridized carbons (Fsp3) is 0.0833. The van der Waals surface area contributed by atoms with Crippen LogP contribution < -0.4 is 4.74 Å². The molecule has 19 heavy (non-hydrogen) atoms. The van der Waals surface area contributed by atoms with Gasteiger partial charge in [-0.05, 0) is 17.7 Å². The van der Waals surface area contributed by atoms with E-state index in [1.165, 1.54) is 10.8 Å². The Morgan fingerprint density at radius 3 is 2.58 bits per heavy atom. The summed E-state index contributed by atoms with van der Waals surface area (Å²) in [6, 6.07) is 7.37. The molecule has 0 aliphatic heterocycles. The Morgan fingerprint density at radius 1 is 1.16 bits per heavy atom. The first-order chi connectivity index (χ1) is 9.20. The molecule has 0 unspecified atom stereocenters. The Bertz CT molecular complexity index is 739. The molecule has 0 amide bonds. The fourth-order valence-electron chi connectivity index (χ4n) is 1.78. The molecule has 3 aromatic rings. The molecule has 3 rings (SSSR count). The summed E-state index contributed by atoms with van der Waals surface area (Å²) in [6.07, 6.45) is 1.38. The van der Waals surface area contributed by atoms with Gasteiger partial charge in [-0.1, -0.05) is 35.3 Å². The molecule has 0 aliphatic rings. The van der Waals surface area contributed by atoms with Gasteiger partial charge in [0.15, 0.2) is 0 Å². The zero-order valence-corrected chi connectivity index (χ0v) is 11.4. The average molecular weight is 295 g/mol. The van der Waals surface area contributed by atoms with E-state index < -0.39 is 0 Å². The number of fused-ring (bicyclic) bond motifs is 1. The van der Waals surface area contributed by atoms with Crippen LogP contribution in [0.25, 0.3) is 16.9 Å². The molecule has 0 spiro atoms. The van der Waals surface area contributed by atoms with Gasteiger partial charge in [0.05, 0.1) is 12.7 Å². The monoisotopic (exact) mass is 294 g/mol. The van der Waals surface area contributed by atoms with Gasteiger partial charge in [0.25, 0.3) is 5.78 Å². The van der Waals surface area contributed by atoms with Crippen LogP contribution in [0.2, 0.25) is 10.3 Å². The normalized spacial score (nSPS) is 10.9. The lowest BCUT2D eigenvalue weighted by Crippen LogP contribution is -1.97. The van der Waals surface area contributed by atoms with E-state index in [-0.39, 0.29) is 5.15 Å². The van der Waals surface area contributed by atoms with E-state index in [9.17, 15) is 0 Å². The topological polar surface area (TPSA) is 52.3 Å². The van der Waals surface area contributed by atoms with Crippen molar-refractivity contribution >= 4 is 29.0 Å². The van der Waals surface area contributed by atoms with Crippen LogP contribution in [0.3, 0.4) is 0 Å². The Hall–Kier alpha value is -1.85. The Kier molecular flexibility index (Phi) is 3.00. The SMILES string of the molecule is COc1ccc(-c2c(Cl)nc3ncnn3c2Cl)cc1. The maximum Gasteiger partial charge on any atom is 0.255 e. The Labute approximate surface area is 118 Å². The lowest BCUT2D eigenvalue weighted by atomic mass is 10.1. The maximum atomic E-state index is 6.30. The molecule has 7 heteroatoms. The molecule has 2 aromatic heterocycles. The third-order valence-corrected chi connectivity index (χ3v) is 3.33. The molecule has 2 heterocycles. The summed E-state index contributed by atoms with van der Waals surface area (Å²) in [5.41, 5.74) is 1.45. The molecular weight excluding hydrogens is 287 g/mol. The number of hydrogen-bond donors (Lipinski definition) is 0. The highest BCUT2D eigenvalue weighted by Gasteiger charge is 2.15. The second kappa shape index (κ2) is 4.68. The molecule has 0 radical (unpaired) electrons. The molecule has 0 saturated carbocycles. The number of methoxy groups -OCH3 is 1. The van der Waals surface area contributed by atoms with Crippen molar-refractivity contribution in [3.63, 3.8) is 0 Å². The van der Waals surface area contributed by atoms with E-state index in [0.29, 0.717) is 16.5 Å². The molecule has 0 aliphatic carbocycles. The van der Waals surface area contributed by atoms with Gasteiger partial charge in [-0.3, -0.25) is 0 Å². The van der Waals surface area contributed by atoms with E-state index in [1.54, 1.807) is 7.11 Å². The lowest BCUT2D eigenvalue weighted by Gasteiger charge is -2.08. The first-order valence-electron chi connectivity index (χ1n) is 5.40. The smallest absolute Gasteiger partial charge is 0.255 e. The van der Waals surface area contributed by atoms with Gasteiger partial charge in [0.1, 0.15) is 22.4 Å². The van der Waals surface area contributed by atoms with Gasteiger partial charge in [-0.25, -0.2) is 0 Å². The highest BCUT2D eigenvalue weighted by atomic mass is 35.5. The molecule has 1 aromatic carbocycles. The summed E-state index contributed by atoms with van der Waals surface area (Å²) in [5.74, 6) is 1.12. The minimum absolute atomic E-state index is 0.288. The van der Waals surface area contributed by atoms with Crippen LogP contribution in [0.1, 0.15) is 0 Å².